The molecule has 1 atom stereocenters. The Morgan fingerprint density at radius 3 is 2.71 bits per heavy atom. The van der Waals surface area contributed by atoms with Gasteiger partial charge in [0.1, 0.15) is 4.90 Å². The molecule has 7 nitrogen and oxygen atoms in total. The van der Waals surface area contributed by atoms with E-state index in [4.69, 9.17) is 21.1 Å². The highest BCUT2D eigenvalue weighted by molar-refractivity contribution is 7.89. The average molecular weight is 485 g/mol. The van der Waals surface area contributed by atoms with Crippen LogP contribution in [0.25, 0.3) is 0 Å². The van der Waals surface area contributed by atoms with Gasteiger partial charge in [0.25, 0.3) is 5.91 Å². The zero-order chi connectivity index (χ0) is 21.8. The average Bonchev–Trinajstić information content (AvgIpc) is 3.48. The largest absolute Gasteiger partial charge is 0.379 e. The first-order valence-corrected chi connectivity index (χ1v) is 13.0. The molecule has 1 amide bonds. The van der Waals surface area contributed by atoms with Crippen molar-refractivity contribution in [2.75, 3.05) is 39.5 Å². The van der Waals surface area contributed by atoms with E-state index in [-0.39, 0.29) is 35.0 Å². The third-order valence-electron chi connectivity index (χ3n) is 5.43. The van der Waals surface area contributed by atoms with E-state index >= 15 is 0 Å². The number of halogens is 1. The van der Waals surface area contributed by atoms with Gasteiger partial charge >= 0.3 is 0 Å². The second-order valence-corrected chi connectivity index (χ2v) is 10.9. The molecular formula is C21H25ClN2O5S2. The summed E-state index contributed by atoms with van der Waals surface area (Å²) in [6.45, 7) is 2.82. The molecule has 31 heavy (non-hydrogen) atoms. The molecule has 0 spiro atoms. The van der Waals surface area contributed by atoms with E-state index in [1.54, 1.807) is 22.3 Å². The summed E-state index contributed by atoms with van der Waals surface area (Å²) in [5.41, 5.74) is 0.297. The van der Waals surface area contributed by atoms with Crippen LogP contribution in [0.15, 0.2) is 40.6 Å². The molecular weight excluding hydrogens is 460 g/mol. The maximum absolute atomic E-state index is 13.4. The summed E-state index contributed by atoms with van der Waals surface area (Å²) in [4.78, 5) is 16.2. The first-order valence-electron chi connectivity index (χ1n) is 10.3. The van der Waals surface area contributed by atoms with Crippen molar-refractivity contribution < 1.29 is 22.7 Å². The van der Waals surface area contributed by atoms with Crippen molar-refractivity contribution in [1.29, 1.82) is 0 Å². The number of hydrogen-bond donors (Lipinski definition) is 0. The van der Waals surface area contributed by atoms with Gasteiger partial charge in [0.15, 0.2) is 0 Å². The van der Waals surface area contributed by atoms with Crippen molar-refractivity contribution >= 4 is 38.9 Å². The molecule has 3 heterocycles. The number of nitrogens with zero attached hydrogens (tertiary/aromatic N) is 2. The van der Waals surface area contributed by atoms with Gasteiger partial charge in [-0.3, -0.25) is 4.79 Å². The van der Waals surface area contributed by atoms with Crippen molar-refractivity contribution in [1.82, 2.24) is 9.21 Å². The van der Waals surface area contributed by atoms with E-state index in [9.17, 15) is 13.2 Å². The van der Waals surface area contributed by atoms with Crippen molar-refractivity contribution in [3.8, 4) is 0 Å². The second-order valence-electron chi connectivity index (χ2n) is 7.56. The van der Waals surface area contributed by atoms with Crippen LogP contribution in [-0.2, 0) is 26.0 Å². The zero-order valence-corrected chi connectivity index (χ0v) is 19.4. The van der Waals surface area contributed by atoms with Crippen LogP contribution in [0.5, 0.6) is 0 Å². The number of hydrogen-bond acceptors (Lipinski definition) is 6. The lowest BCUT2D eigenvalue weighted by molar-refractivity contribution is 0.0509. The fraction of sp³-hybridized carbons (Fsp3) is 0.476. The van der Waals surface area contributed by atoms with Gasteiger partial charge in [0.05, 0.1) is 30.9 Å². The van der Waals surface area contributed by atoms with Crippen LogP contribution in [0.1, 0.15) is 28.1 Å². The molecule has 1 aromatic heterocycles. The number of benzene rings is 1. The molecule has 4 rings (SSSR count). The quantitative estimate of drug-likeness (QED) is 0.603. The van der Waals surface area contributed by atoms with E-state index in [1.165, 1.54) is 16.4 Å². The maximum atomic E-state index is 13.4. The van der Waals surface area contributed by atoms with Crippen molar-refractivity contribution in [2.24, 2.45) is 0 Å². The molecule has 0 saturated carbocycles. The summed E-state index contributed by atoms with van der Waals surface area (Å²) in [7, 11) is -3.82. The number of amides is 1. The molecule has 0 N–H and O–H groups in total. The molecule has 2 fully saturated rings. The highest BCUT2D eigenvalue weighted by atomic mass is 35.5. The number of morpholine rings is 1. The van der Waals surface area contributed by atoms with Gasteiger partial charge in [-0.05, 0) is 42.5 Å². The molecule has 10 heteroatoms. The third-order valence-corrected chi connectivity index (χ3v) is 8.67. The topological polar surface area (TPSA) is 76.2 Å². The van der Waals surface area contributed by atoms with Crippen LogP contribution in [0.2, 0.25) is 5.02 Å². The number of carbonyl (C=O) groups is 1. The Kier molecular flexibility index (Phi) is 7.30. The number of carbonyl (C=O) groups excluding carboxylic acids is 1. The molecule has 2 aliphatic rings. The van der Waals surface area contributed by atoms with Crippen molar-refractivity contribution in [3.63, 3.8) is 0 Å². The number of thiophene rings is 1. The Balaban J connectivity index is 1.61. The predicted octanol–water partition coefficient (Wildman–Crippen LogP) is 3.24. The molecule has 0 bridgehead atoms. The van der Waals surface area contributed by atoms with E-state index in [0.717, 1.165) is 17.7 Å². The normalized spacial score (nSPS) is 20.1. The first kappa shape index (κ1) is 22.7. The summed E-state index contributed by atoms with van der Waals surface area (Å²) < 4.78 is 38.6. The standard InChI is InChI=1S/C21H25ClN2O5S2/c22-19-6-5-16(13-20(19)31(26,27)24-7-10-28-11-8-24)21(25)23(14-17-3-1-9-29-17)15-18-4-2-12-30-18/h2,4-6,12-13,17H,1,3,7-11,14-15H2/t17-/m0/s1. The van der Waals surface area contributed by atoms with Crippen LogP contribution in [0, 0.1) is 0 Å². The Morgan fingerprint density at radius 2 is 2.03 bits per heavy atom. The smallest absolute Gasteiger partial charge is 0.254 e. The third kappa shape index (κ3) is 5.30. The van der Waals surface area contributed by atoms with Crippen LogP contribution < -0.4 is 0 Å². The van der Waals surface area contributed by atoms with Gasteiger partial charge in [-0.1, -0.05) is 17.7 Å². The zero-order valence-electron chi connectivity index (χ0n) is 17.0. The number of sulfonamides is 1. The minimum Gasteiger partial charge on any atom is -0.379 e. The monoisotopic (exact) mass is 484 g/mol. The lowest BCUT2D eigenvalue weighted by atomic mass is 10.1. The fourth-order valence-corrected chi connectivity index (χ4v) is 6.41. The van der Waals surface area contributed by atoms with E-state index in [0.29, 0.717) is 38.5 Å². The van der Waals surface area contributed by atoms with E-state index in [2.05, 4.69) is 0 Å². The van der Waals surface area contributed by atoms with E-state index in [1.807, 2.05) is 17.5 Å². The SMILES string of the molecule is O=C(c1ccc(Cl)c(S(=O)(=O)N2CCOCC2)c1)N(Cc1cccs1)C[C@@H]1CCCO1. The molecule has 2 saturated heterocycles. The van der Waals surface area contributed by atoms with Crippen LogP contribution in [-0.4, -0.2) is 69.1 Å². The molecule has 2 aliphatic heterocycles. The molecule has 0 radical (unpaired) electrons. The molecule has 1 aromatic carbocycles. The summed E-state index contributed by atoms with van der Waals surface area (Å²) in [5, 5.41) is 2.08. The molecule has 0 aliphatic carbocycles. The Bertz CT molecular complexity index is 1000. The number of ether oxygens (including phenoxy) is 2. The van der Waals surface area contributed by atoms with Gasteiger partial charge in [-0.25, -0.2) is 8.42 Å². The van der Waals surface area contributed by atoms with Crippen LogP contribution >= 0.6 is 22.9 Å². The van der Waals surface area contributed by atoms with Crippen LogP contribution in [0.4, 0.5) is 0 Å². The summed E-state index contributed by atoms with van der Waals surface area (Å²) in [6.07, 6.45) is 1.88. The highest BCUT2D eigenvalue weighted by Gasteiger charge is 2.30. The van der Waals surface area contributed by atoms with Crippen molar-refractivity contribution in [3.05, 3.63) is 51.2 Å². The first-order chi connectivity index (χ1) is 14.9. The van der Waals surface area contributed by atoms with Gasteiger partial charge < -0.3 is 14.4 Å². The number of rotatable bonds is 7. The molecule has 0 unspecified atom stereocenters. The lowest BCUT2D eigenvalue weighted by Crippen LogP contribution is -2.41. The minimum atomic E-state index is -3.82. The maximum Gasteiger partial charge on any atom is 0.254 e. The molecule has 2 aromatic rings. The Hall–Kier alpha value is -1.49. The Labute approximate surface area is 191 Å². The predicted molar refractivity (Wildman–Crippen MR) is 119 cm³/mol. The van der Waals surface area contributed by atoms with Gasteiger partial charge in [0.2, 0.25) is 10.0 Å². The summed E-state index contributed by atoms with van der Waals surface area (Å²) in [5.74, 6) is -0.237. The lowest BCUT2D eigenvalue weighted by Gasteiger charge is -2.27. The summed E-state index contributed by atoms with van der Waals surface area (Å²) in [6, 6.07) is 8.39. The van der Waals surface area contributed by atoms with E-state index < -0.39 is 10.0 Å². The fourth-order valence-electron chi connectivity index (χ4n) is 3.79. The highest BCUT2D eigenvalue weighted by Crippen LogP contribution is 2.28. The van der Waals surface area contributed by atoms with Gasteiger partial charge in [0, 0.05) is 36.7 Å². The Morgan fingerprint density at radius 1 is 1.23 bits per heavy atom. The summed E-state index contributed by atoms with van der Waals surface area (Å²) >= 11 is 7.84. The molecule has 168 valence electrons. The van der Waals surface area contributed by atoms with Gasteiger partial charge in [-0.15, -0.1) is 11.3 Å². The second kappa shape index (κ2) is 9.97. The van der Waals surface area contributed by atoms with Gasteiger partial charge in [-0.2, -0.15) is 4.31 Å². The minimum absolute atomic E-state index is 0.00670. The van der Waals surface area contributed by atoms with Crippen molar-refractivity contribution in [2.45, 2.75) is 30.4 Å². The van der Waals surface area contributed by atoms with Crippen LogP contribution in [0.3, 0.4) is 0 Å².